The summed E-state index contributed by atoms with van der Waals surface area (Å²) in [6.07, 6.45) is 1.86. The lowest BCUT2D eigenvalue weighted by molar-refractivity contribution is -0.143. The number of piperidine rings is 1. The second-order valence-corrected chi connectivity index (χ2v) is 5.71. The first-order chi connectivity index (χ1) is 10.5. The first-order valence-electron chi connectivity index (χ1n) is 7.60. The maximum absolute atomic E-state index is 13.4. The third-order valence-corrected chi connectivity index (χ3v) is 3.90. The molecule has 22 heavy (non-hydrogen) atoms. The van der Waals surface area contributed by atoms with E-state index in [0.717, 1.165) is 12.5 Å². The van der Waals surface area contributed by atoms with Gasteiger partial charge in [0, 0.05) is 37.3 Å². The van der Waals surface area contributed by atoms with Crippen LogP contribution in [0.3, 0.4) is 0 Å². The number of hydrogen-bond donors (Lipinski definition) is 1. The third kappa shape index (κ3) is 4.40. The molecule has 4 nitrogen and oxygen atoms in total. The van der Waals surface area contributed by atoms with Crippen molar-refractivity contribution in [3.05, 3.63) is 29.8 Å². The number of anilines is 1. The monoisotopic (exact) mass is 312 g/mol. The number of nitrogens with two attached hydrogens (primary N) is 1. The number of benzene rings is 1. The van der Waals surface area contributed by atoms with Gasteiger partial charge in [0.05, 0.1) is 6.61 Å². The minimum absolute atomic E-state index is 0.0472. The summed E-state index contributed by atoms with van der Waals surface area (Å²) in [4.78, 5) is 13.4. The lowest BCUT2D eigenvalue weighted by atomic mass is 9.90. The molecule has 6 heteroatoms. The van der Waals surface area contributed by atoms with Crippen LogP contribution in [0.15, 0.2) is 18.2 Å². The van der Waals surface area contributed by atoms with Gasteiger partial charge >= 0.3 is 5.97 Å². The number of rotatable bonds is 5. The Kier molecular flexibility index (Phi) is 5.71. The average molecular weight is 312 g/mol. The van der Waals surface area contributed by atoms with E-state index in [-0.39, 0.29) is 17.9 Å². The van der Waals surface area contributed by atoms with Crippen molar-refractivity contribution < 1.29 is 18.3 Å². The van der Waals surface area contributed by atoms with Crippen molar-refractivity contribution in [2.45, 2.75) is 32.2 Å². The van der Waals surface area contributed by atoms with Gasteiger partial charge in [0.15, 0.2) is 11.6 Å². The zero-order valence-corrected chi connectivity index (χ0v) is 12.7. The summed E-state index contributed by atoms with van der Waals surface area (Å²) in [6.45, 7) is 3.43. The molecule has 122 valence electrons. The quantitative estimate of drug-likeness (QED) is 0.849. The minimum Gasteiger partial charge on any atom is -0.466 e. The van der Waals surface area contributed by atoms with E-state index in [1.807, 2.05) is 4.90 Å². The summed E-state index contributed by atoms with van der Waals surface area (Å²) >= 11 is 0. The third-order valence-electron chi connectivity index (χ3n) is 3.90. The van der Waals surface area contributed by atoms with Gasteiger partial charge in [-0.15, -0.1) is 0 Å². The Bertz CT molecular complexity index is 525. The molecular formula is C16H22F2N2O2. The fourth-order valence-corrected chi connectivity index (χ4v) is 2.90. The molecule has 1 heterocycles. The molecule has 1 aliphatic heterocycles. The summed E-state index contributed by atoms with van der Waals surface area (Å²) in [7, 11) is 0. The smallest absolute Gasteiger partial charge is 0.305 e. The van der Waals surface area contributed by atoms with E-state index in [2.05, 4.69) is 0 Å². The maximum atomic E-state index is 13.4. The van der Waals surface area contributed by atoms with Crippen molar-refractivity contribution in [1.82, 2.24) is 0 Å². The highest BCUT2D eigenvalue weighted by atomic mass is 19.2. The molecule has 0 aliphatic carbocycles. The summed E-state index contributed by atoms with van der Waals surface area (Å²) in [6, 6.07) is 3.82. The van der Waals surface area contributed by atoms with Gasteiger partial charge in [-0.1, -0.05) is 0 Å². The number of hydrogen-bond acceptors (Lipinski definition) is 4. The van der Waals surface area contributed by atoms with Crippen molar-refractivity contribution in [2.24, 2.45) is 11.7 Å². The fraction of sp³-hybridized carbons (Fsp3) is 0.562. The predicted molar refractivity (Wildman–Crippen MR) is 80.5 cm³/mol. The molecular weight excluding hydrogens is 290 g/mol. The summed E-state index contributed by atoms with van der Waals surface area (Å²) in [5, 5.41) is 0. The lowest BCUT2D eigenvalue weighted by Gasteiger charge is -2.37. The maximum Gasteiger partial charge on any atom is 0.305 e. The minimum atomic E-state index is -0.861. The molecule has 1 saturated heterocycles. The van der Waals surface area contributed by atoms with Crippen molar-refractivity contribution in [2.75, 3.05) is 24.6 Å². The molecule has 2 atom stereocenters. The first-order valence-corrected chi connectivity index (χ1v) is 7.60. The molecule has 1 aliphatic rings. The van der Waals surface area contributed by atoms with Crippen molar-refractivity contribution in [1.29, 1.82) is 0 Å². The van der Waals surface area contributed by atoms with Crippen LogP contribution in [0, 0.1) is 17.6 Å². The molecule has 0 radical (unpaired) electrons. The Labute approximate surface area is 129 Å². The molecule has 2 N–H and O–H groups in total. The van der Waals surface area contributed by atoms with Crippen LogP contribution >= 0.6 is 0 Å². The van der Waals surface area contributed by atoms with Crippen LogP contribution in [0.25, 0.3) is 0 Å². The molecule has 0 aromatic heterocycles. The van der Waals surface area contributed by atoms with Gasteiger partial charge in [-0.05, 0) is 37.8 Å². The number of nitrogens with zero attached hydrogens (tertiary/aromatic N) is 1. The molecule has 0 saturated carbocycles. The SMILES string of the molecule is CCOC(=O)CCC1CC(N)CN(c2ccc(F)c(F)c2)C1. The van der Waals surface area contributed by atoms with Crippen LogP contribution in [0.5, 0.6) is 0 Å². The van der Waals surface area contributed by atoms with E-state index in [0.29, 0.717) is 38.2 Å². The second-order valence-electron chi connectivity index (χ2n) is 5.71. The Morgan fingerprint density at radius 3 is 2.82 bits per heavy atom. The van der Waals surface area contributed by atoms with Crippen LogP contribution < -0.4 is 10.6 Å². The highest BCUT2D eigenvalue weighted by molar-refractivity contribution is 5.69. The topological polar surface area (TPSA) is 55.6 Å². The molecule has 0 amide bonds. The first kappa shape index (κ1) is 16.7. The molecule has 0 bridgehead atoms. The second kappa shape index (κ2) is 7.54. The molecule has 1 aromatic carbocycles. The van der Waals surface area contributed by atoms with Gasteiger partial charge < -0.3 is 15.4 Å². The normalized spacial score (nSPS) is 21.7. The summed E-state index contributed by atoms with van der Waals surface area (Å²) < 4.78 is 31.3. The van der Waals surface area contributed by atoms with Crippen LogP contribution in [0.1, 0.15) is 26.2 Å². The van der Waals surface area contributed by atoms with E-state index in [1.54, 1.807) is 13.0 Å². The van der Waals surface area contributed by atoms with Crippen LogP contribution in [-0.4, -0.2) is 31.7 Å². The Morgan fingerprint density at radius 1 is 1.36 bits per heavy atom. The highest BCUT2D eigenvalue weighted by Gasteiger charge is 2.26. The molecule has 0 spiro atoms. The number of esters is 1. The number of carbonyl (C=O) groups excluding carboxylic acids is 1. The summed E-state index contributed by atoms with van der Waals surface area (Å²) in [5.41, 5.74) is 6.68. The lowest BCUT2D eigenvalue weighted by Crippen LogP contribution is -2.47. The Morgan fingerprint density at radius 2 is 2.14 bits per heavy atom. The zero-order valence-electron chi connectivity index (χ0n) is 12.7. The standard InChI is InChI=1S/C16H22F2N2O2/c1-2-22-16(21)6-3-11-7-12(19)10-20(9-11)13-4-5-14(17)15(18)8-13/h4-5,8,11-12H,2-3,6-7,9-10,19H2,1H3. The van der Waals surface area contributed by atoms with Gasteiger partial charge in [0.25, 0.3) is 0 Å². The van der Waals surface area contributed by atoms with Crippen LogP contribution in [0.2, 0.25) is 0 Å². The fourth-order valence-electron chi connectivity index (χ4n) is 2.90. The Hall–Kier alpha value is -1.69. The van der Waals surface area contributed by atoms with E-state index in [1.165, 1.54) is 6.07 Å². The van der Waals surface area contributed by atoms with E-state index < -0.39 is 11.6 Å². The number of halogens is 2. The van der Waals surface area contributed by atoms with Crippen LogP contribution in [0.4, 0.5) is 14.5 Å². The average Bonchev–Trinajstić information content (AvgIpc) is 2.48. The van der Waals surface area contributed by atoms with Gasteiger partial charge in [-0.25, -0.2) is 8.78 Å². The van der Waals surface area contributed by atoms with Crippen molar-refractivity contribution in [3.8, 4) is 0 Å². The largest absolute Gasteiger partial charge is 0.466 e. The van der Waals surface area contributed by atoms with E-state index in [9.17, 15) is 13.6 Å². The van der Waals surface area contributed by atoms with Gasteiger partial charge in [-0.3, -0.25) is 4.79 Å². The van der Waals surface area contributed by atoms with Crippen LogP contribution in [-0.2, 0) is 9.53 Å². The Balaban J connectivity index is 1.98. The number of carbonyl (C=O) groups is 1. The van der Waals surface area contributed by atoms with Crippen molar-refractivity contribution >= 4 is 11.7 Å². The predicted octanol–water partition coefficient (Wildman–Crippen LogP) is 2.46. The van der Waals surface area contributed by atoms with Gasteiger partial charge in [0.2, 0.25) is 0 Å². The van der Waals surface area contributed by atoms with Gasteiger partial charge in [-0.2, -0.15) is 0 Å². The summed E-state index contributed by atoms with van der Waals surface area (Å²) in [5.74, 6) is -1.69. The molecule has 1 aromatic rings. The zero-order chi connectivity index (χ0) is 16.1. The molecule has 2 rings (SSSR count). The highest BCUT2D eigenvalue weighted by Crippen LogP contribution is 2.26. The van der Waals surface area contributed by atoms with Gasteiger partial charge in [0.1, 0.15) is 0 Å². The van der Waals surface area contributed by atoms with E-state index in [4.69, 9.17) is 10.5 Å². The number of ether oxygens (including phenoxy) is 1. The van der Waals surface area contributed by atoms with Crippen molar-refractivity contribution in [3.63, 3.8) is 0 Å². The molecule has 1 fully saturated rings. The van der Waals surface area contributed by atoms with E-state index >= 15 is 0 Å². The molecule has 2 unspecified atom stereocenters.